The van der Waals surface area contributed by atoms with E-state index in [-0.39, 0.29) is 35.3 Å². The van der Waals surface area contributed by atoms with Crippen molar-refractivity contribution in [3.05, 3.63) is 29.6 Å². The third-order valence-corrected chi connectivity index (χ3v) is 6.08. The molecule has 5 nitrogen and oxygen atoms in total. The number of benzene rings is 1. The number of aliphatic hydroxyl groups is 1. The molecule has 2 aliphatic rings. The van der Waals surface area contributed by atoms with Gasteiger partial charge in [-0.05, 0) is 24.8 Å². The molecule has 1 amide bonds. The summed E-state index contributed by atoms with van der Waals surface area (Å²) >= 11 is 1.44. The Morgan fingerprint density at radius 1 is 1.29 bits per heavy atom. The van der Waals surface area contributed by atoms with Crippen molar-refractivity contribution in [2.24, 2.45) is 5.41 Å². The van der Waals surface area contributed by atoms with Gasteiger partial charge in [0, 0.05) is 32.2 Å². The second kappa shape index (κ2) is 11.8. The van der Waals surface area contributed by atoms with Crippen LogP contribution in [-0.2, 0) is 9.59 Å². The molecule has 0 aliphatic carbocycles. The molecule has 31 heavy (non-hydrogen) atoms. The molecule has 1 aromatic carbocycles. The van der Waals surface area contributed by atoms with Crippen molar-refractivity contribution < 1.29 is 27.9 Å². The van der Waals surface area contributed by atoms with Crippen LogP contribution in [0.25, 0.3) is 0 Å². The Morgan fingerprint density at radius 3 is 2.42 bits per heavy atom. The van der Waals surface area contributed by atoms with Gasteiger partial charge in [-0.3, -0.25) is 4.79 Å². The third-order valence-electron chi connectivity index (χ3n) is 4.84. The molecule has 2 fully saturated rings. The fourth-order valence-electron chi connectivity index (χ4n) is 3.40. The second-order valence-electron chi connectivity index (χ2n) is 8.50. The van der Waals surface area contributed by atoms with Crippen molar-refractivity contribution in [3.8, 4) is 0 Å². The van der Waals surface area contributed by atoms with Gasteiger partial charge in [-0.25, -0.2) is 13.2 Å². The van der Waals surface area contributed by atoms with Gasteiger partial charge in [0.1, 0.15) is 17.5 Å². The molecule has 2 saturated heterocycles. The lowest BCUT2D eigenvalue weighted by atomic mass is 9.92. The number of carbonyl (C=O) groups is 2. The summed E-state index contributed by atoms with van der Waals surface area (Å²) in [6, 6.07) is 4.65. The Bertz CT molecular complexity index is 741. The highest BCUT2D eigenvalue weighted by Crippen LogP contribution is 2.45. The van der Waals surface area contributed by atoms with E-state index in [0.717, 1.165) is 19.8 Å². The van der Waals surface area contributed by atoms with Crippen LogP contribution in [0.4, 0.5) is 18.9 Å². The van der Waals surface area contributed by atoms with Gasteiger partial charge in [0.05, 0.1) is 18.0 Å². The van der Waals surface area contributed by atoms with Gasteiger partial charge in [-0.15, -0.1) is 11.8 Å². The van der Waals surface area contributed by atoms with Gasteiger partial charge in [0.15, 0.2) is 0 Å². The standard InChI is InChI=1S/C19H25F3N2OS.C2H4O.CH4O/c1-18(2,3)7-10-24-15(25)11-26-17(24)13-5-4-6-14(20)16(13)23-9-8-19(21,22)12-23;1-2-3;1-2/h4-6,17H,7-12H2,1-3H3;2H,1H3;2H,1H3. The summed E-state index contributed by atoms with van der Waals surface area (Å²) in [5, 5.41) is 6.67. The zero-order valence-electron chi connectivity index (χ0n) is 18.8. The molecule has 1 atom stereocenters. The highest BCUT2D eigenvalue weighted by Gasteiger charge is 2.42. The van der Waals surface area contributed by atoms with E-state index < -0.39 is 18.3 Å². The molecule has 0 radical (unpaired) electrons. The van der Waals surface area contributed by atoms with E-state index >= 15 is 0 Å². The van der Waals surface area contributed by atoms with E-state index in [9.17, 15) is 18.0 Å². The molecule has 1 aromatic rings. The number of thioether (sulfide) groups is 1. The Labute approximate surface area is 187 Å². The van der Waals surface area contributed by atoms with Crippen LogP contribution in [0, 0.1) is 11.2 Å². The summed E-state index contributed by atoms with van der Waals surface area (Å²) in [4.78, 5) is 24.4. The predicted octanol–water partition coefficient (Wildman–Crippen LogP) is 4.50. The average Bonchev–Trinajstić information content (AvgIpc) is 3.23. The predicted molar refractivity (Wildman–Crippen MR) is 119 cm³/mol. The Kier molecular flexibility index (Phi) is 10.4. The van der Waals surface area contributed by atoms with E-state index in [0.29, 0.717) is 17.9 Å². The molecule has 176 valence electrons. The number of anilines is 1. The molecule has 0 bridgehead atoms. The van der Waals surface area contributed by atoms with Gasteiger partial charge in [0.25, 0.3) is 5.92 Å². The maximum absolute atomic E-state index is 14.6. The molecule has 0 saturated carbocycles. The normalized spacial score (nSPS) is 20.0. The zero-order valence-corrected chi connectivity index (χ0v) is 19.6. The number of aliphatic hydroxyl groups excluding tert-OH is 1. The van der Waals surface area contributed by atoms with Crippen LogP contribution >= 0.6 is 11.8 Å². The maximum atomic E-state index is 14.6. The maximum Gasteiger partial charge on any atom is 0.266 e. The van der Waals surface area contributed by atoms with Gasteiger partial charge < -0.3 is 19.7 Å². The molecule has 0 spiro atoms. The summed E-state index contributed by atoms with van der Waals surface area (Å²) in [5.41, 5.74) is 0.907. The number of hydrogen-bond donors (Lipinski definition) is 1. The minimum Gasteiger partial charge on any atom is -0.400 e. The van der Waals surface area contributed by atoms with Crippen LogP contribution in [0.15, 0.2) is 18.2 Å². The van der Waals surface area contributed by atoms with Crippen molar-refractivity contribution in [1.82, 2.24) is 4.90 Å². The largest absolute Gasteiger partial charge is 0.400 e. The average molecular weight is 463 g/mol. The number of nitrogens with zero attached hydrogens (tertiary/aromatic N) is 2. The summed E-state index contributed by atoms with van der Waals surface area (Å²) in [7, 11) is 1.00. The lowest BCUT2D eigenvalue weighted by Crippen LogP contribution is -2.33. The first-order valence-corrected chi connectivity index (χ1v) is 11.2. The monoisotopic (exact) mass is 462 g/mol. The van der Waals surface area contributed by atoms with Crippen molar-refractivity contribution in [2.45, 2.75) is 51.8 Å². The molecular weight excluding hydrogens is 429 g/mol. The molecule has 1 unspecified atom stereocenters. The van der Waals surface area contributed by atoms with Crippen LogP contribution in [-0.4, -0.2) is 60.6 Å². The smallest absolute Gasteiger partial charge is 0.266 e. The summed E-state index contributed by atoms with van der Waals surface area (Å²) in [6.07, 6.45) is 1.30. The van der Waals surface area contributed by atoms with Gasteiger partial charge in [-0.2, -0.15) is 0 Å². The fourth-order valence-corrected chi connectivity index (χ4v) is 4.64. The molecule has 3 rings (SSSR count). The second-order valence-corrected chi connectivity index (χ2v) is 9.57. The highest BCUT2D eigenvalue weighted by molar-refractivity contribution is 8.00. The number of amides is 1. The van der Waals surface area contributed by atoms with Crippen molar-refractivity contribution in [1.29, 1.82) is 0 Å². The number of carbonyl (C=O) groups excluding carboxylic acids is 2. The zero-order chi connectivity index (χ0) is 23.8. The molecular formula is C22H33F3N2O3S. The van der Waals surface area contributed by atoms with Crippen molar-refractivity contribution in [3.63, 3.8) is 0 Å². The van der Waals surface area contributed by atoms with Crippen molar-refractivity contribution >= 4 is 29.6 Å². The number of para-hydroxylation sites is 1. The number of rotatable bonds is 4. The molecule has 1 N–H and O–H groups in total. The van der Waals surface area contributed by atoms with Gasteiger partial charge in [-0.1, -0.05) is 32.9 Å². The summed E-state index contributed by atoms with van der Waals surface area (Å²) in [6.45, 7) is 7.98. The van der Waals surface area contributed by atoms with Crippen molar-refractivity contribution in [2.75, 3.05) is 37.4 Å². The minimum absolute atomic E-state index is 0.0196. The van der Waals surface area contributed by atoms with Crippen LogP contribution in [0.3, 0.4) is 0 Å². The first kappa shape index (κ1) is 27.3. The SMILES string of the molecule is CC(C)(C)CCN1C(=O)CSC1c1cccc(F)c1N1CCC(F)(F)C1.CC=O.CO. The van der Waals surface area contributed by atoms with Crippen LogP contribution in [0.5, 0.6) is 0 Å². The van der Waals surface area contributed by atoms with Crippen LogP contribution in [0.2, 0.25) is 0 Å². The molecule has 2 heterocycles. The highest BCUT2D eigenvalue weighted by atomic mass is 32.2. The lowest BCUT2D eigenvalue weighted by Gasteiger charge is -2.31. The van der Waals surface area contributed by atoms with Gasteiger partial charge >= 0.3 is 0 Å². The Balaban J connectivity index is 0.000000884. The number of halogens is 3. The lowest BCUT2D eigenvalue weighted by molar-refractivity contribution is -0.128. The minimum atomic E-state index is -2.80. The first-order valence-electron chi connectivity index (χ1n) is 10.2. The quantitative estimate of drug-likeness (QED) is 0.668. The first-order chi connectivity index (χ1) is 14.5. The van der Waals surface area contributed by atoms with E-state index in [2.05, 4.69) is 20.8 Å². The summed E-state index contributed by atoms with van der Waals surface area (Å²) < 4.78 is 42.0. The Hall–Kier alpha value is -1.74. The fraction of sp³-hybridized carbons (Fsp3) is 0.636. The van der Waals surface area contributed by atoms with E-state index in [4.69, 9.17) is 9.90 Å². The summed E-state index contributed by atoms with van der Waals surface area (Å²) in [5.74, 6) is -2.95. The van der Waals surface area contributed by atoms with Crippen LogP contribution < -0.4 is 4.90 Å². The van der Waals surface area contributed by atoms with Crippen LogP contribution in [0.1, 0.15) is 51.5 Å². The van der Waals surface area contributed by atoms with E-state index in [1.165, 1.54) is 29.7 Å². The van der Waals surface area contributed by atoms with E-state index in [1.807, 2.05) is 0 Å². The third kappa shape index (κ3) is 7.71. The number of alkyl halides is 2. The number of hydrogen-bond acceptors (Lipinski definition) is 5. The number of aldehydes is 1. The van der Waals surface area contributed by atoms with E-state index in [1.54, 1.807) is 17.0 Å². The molecule has 9 heteroatoms. The molecule has 2 aliphatic heterocycles. The topological polar surface area (TPSA) is 60.9 Å². The van der Waals surface area contributed by atoms with Gasteiger partial charge in [0.2, 0.25) is 5.91 Å². The Morgan fingerprint density at radius 2 is 1.90 bits per heavy atom. The molecule has 0 aromatic heterocycles.